The van der Waals surface area contributed by atoms with Crippen molar-refractivity contribution < 1.29 is 9.59 Å². The second kappa shape index (κ2) is 7.02. The third kappa shape index (κ3) is 3.74. The van der Waals surface area contributed by atoms with Crippen LogP contribution in [0.3, 0.4) is 0 Å². The van der Waals surface area contributed by atoms with Gasteiger partial charge in [0.05, 0.1) is 18.4 Å². The van der Waals surface area contributed by atoms with E-state index in [0.29, 0.717) is 25.4 Å². The van der Waals surface area contributed by atoms with E-state index in [1.54, 1.807) is 24.2 Å². The van der Waals surface area contributed by atoms with Gasteiger partial charge in [-0.05, 0) is 18.8 Å². The molecule has 0 saturated carbocycles. The SMILES string of the molecule is Cn1ncc(N2CC[C@@H](CNC(=O)CN3CCCC3=O)C2)cc1=O. The highest BCUT2D eigenvalue weighted by molar-refractivity contribution is 5.85. The predicted octanol–water partition coefficient (Wildman–Crippen LogP) is -0.655. The van der Waals surface area contributed by atoms with Gasteiger partial charge in [0.15, 0.2) is 0 Å². The highest BCUT2D eigenvalue weighted by Gasteiger charge is 2.25. The monoisotopic (exact) mass is 333 g/mol. The Morgan fingerprint density at radius 2 is 2.21 bits per heavy atom. The minimum atomic E-state index is -0.125. The molecular weight excluding hydrogens is 310 g/mol. The van der Waals surface area contributed by atoms with Crippen molar-refractivity contribution in [2.24, 2.45) is 13.0 Å². The third-order valence-corrected chi connectivity index (χ3v) is 4.70. The van der Waals surface area contributed by atoms with Crippen molar-refractivity contribution in [3.63, 3.8) is 0 Å². The average molecular weight is 333 g/mol. The maximum atomic E-state index is 12.0. The molecule has 1 atom stereocenters. The van der Waals surface area contributed by atoms with Crippen LogP contribution in [-0.4, -0.2) is 59.2 Å². The summed E-state index contributed by atoms with van der Waals surface area (Å²) in [6, 6.07) is 1.59. The molecule has 0 aromatic carbocycles. The lowest BCUT2D eigenvalue weighted by Crippen LogP contribution is -2.40. The summed E-state index contributed by atoms with van der Waals surface area (Å²) in [5.74, 6) is 0.307. The Morgan fingerprint density at radius 3 is 2.92 bits per heavy atom. The smallest absolute Gasteiger partial charge is 0.268 e. The van der Waals surface area contributed by atoms with Gasteiger partial charge in [-0.25, -0.2) is 4.68 Å². The van der Waals surface area contributed by atoms with E-state index in [0.717, 1.165) is 31.6 Å². The lowest BCUT2D eigenvalue weighted by Gasteiger charge is -2.19. The molecule has 24 heavy (non-hydrogen) atoms. The van der Waals surface area contributed by atoms with Crippen LogP contribution in [0.1, 0.15) is 19.3 Å². The summed E-state index contributed by atoms with van der Waals surface area (Å²) in [6.07, 6.45) is 4.04. The van der Waals surface area contributed by atoms with Gasteiger partial charge in [-0.2, -0.15) is 5.10 Å². The van der Waals surface area contributed by atoms with Crippen molar-refractivity contribution in [3.8, 4) is 0 Å². The number of hydrogen-bond acceptors (Lipinski definition) is 5. The van der Waals surface area contributed by atoms with Crippen LogP contribution in [0.4, 0.5) is 5.69 Å². The van der Waals surface area contributed by atoms with Crippen molar-refractivity contribution in [2.75, 3.05) is 37.6 Å². The van der Waals surface area contributed by atoms with Crippen LogP contribution in [0, 0.1) is 5.92 Å². The van der Waals surface area contributed by atoms with Crippen molar-refractivity contribution in [1.82, 2.24) is 20.0 Å². The minimum Gasteiger partial charge on any atom is -0.370 e. The molecule has 0 unspecified atom stereocenters. The van der Waals surface area contributed by atoms with Crippen molar-refractivity contribution >= 4 is 17.5 Å². The van der Waals surface area contributed by atoms with E-state index in [1.807, 2.05) is 0 Å². The molecule has 8 nitrogen and oxygen atoms in total. The van der Waals surface area contributed by atoms with Crippen LogP contribution in [-0.2, 0) is 16.6 Å². The van der Waals surface area contributed by atoms with Gasteiger partial charge in [0.1, 0.15) is 0 Å². The molecule has 8 heteroatoms. The van der Waals surface area contributed by atoms with E-state index in [2.05, 4.69) is 15.3 Å². The topological polar surface area (TPSA) is 87.5 Å². The molecule has 2 amide bonds. The quantitative estimate of drug-likeness (QED) is 0.773. The fourth-order valence-corrected chi connectivity index (χ4v) is 3.23. The maximum absolute atomic E-state index is 12.0. The van der Waals surface area contributed by atoms with Crippen molar-refractivity contribution in [3.05, 3.63) is 22.6 Å². The van der Waals surface area contributed by atoms with Gasteiger partial charge in [-0.15, -0.1) is 0 Å². The first-order chi connectivity index (χ1) is 11.5. The Morgan fingerprint density at radius 1 is 1.38 bits per heavy atom. The van der Waals surface area contributed by atoms with Crippen LogP contribution >= 0.6 is 0 Å². The molecule has 2 saturated heterocycles. The molecule has 130 valence electrons. The van der Waals surface area contributed by atoms with Gasteiger partial charge in [-0.3, -0.25) is 14.4 Å². The first kappa shape index (κ1) is 16.5. The number of nitrogens with zero attached hydrogens (tertiary/aromatic N) is 4. The number of amides is 2. The van der Waals surface area contributed by atoms with E-state index in [-0.39, 0.29) is 23.9 Å². The molecule has 0 aliphatic carbocycles. The zero-order valence-corrected chi connectivity index (χ0v) is 13.9. The fraction of sp³-hybridized carbons (Fsp3) is 0.625. The molecule has 1 aromatic rings. The molecule has 0 bridgehead atoms. The number of anilines is 1. The summed E-state index contributed by atoms with van der Waals surface area (Å²) >= 11 is 0. The largest absolute Gasteiger partial charge is 0.370 e. The molecule has 1 aromatic heterocycles. The molecule has 0 spiro atoms. The summed E-state index contributed by atoms with van der Waals surface area (Å²) in [7, 11) is 1.62. The Balaban J connectivity index is 1.46. The van der Waals surface area contributed by atoms with Crippen LogP contribution in [0.5, 0.6) is 0 Å². The average Bonchev–Trinajstić information content (AvgIpc) is 3.18. The fourth-order valence-electron chi connectivity index (χ4n) is 3.23. The summed E-state index contributed by atoms with van der Waals surface area (Å²) in [5, 5.41) is 6.97. The summed E-state index contributed by atoms with van der Waals surface area (Å²) in [5.41, 5.74) is 0.703. The number of aryl methyl sites for hydroxylation is 1. The number of rotatable bonds is 5. The number of nitrogens with one attached hydrogen (secondary N) is 1. The molecule has 1 N–H and O–H groups in total. The summed E-state index contributed by atoms with van der Waals surface area (Å²) in [4.78, 5) is 38.9. The molecule has 2 aliphatic heterocycles. The van der Waals surface area contributed by atoms with Gasteiger partial charge in [0.2, 0.25) is 11.8 Å². The van der Waals surface area contributed by atoms with E-state index in [4.69, 9.17) is 0 Å². The number of hydrogen-bond donors (Lipinski definition) is 1. The Kier molecular flexibility index (Phi) is 4.82. The molecule has 2 aliphatic rings. The highest BCUT2D eigenvalue weighted by Crippen LogP contribution is 2.21. The standard InChI is InChI=1S/C16H23N5O3/c1-19-16(24)7-13(9-18-19)20-6-4-12(10-20)8-17-14(22)11-21-5-2-3-15(21)23/h7,9,12H,2-6,8,10-11H2,1H3,(H,17,22)/t12-/m0/s1. The number of aromatic nitrogens is 2. The van der Waals surface area contributed by atoms with Gasteiger partial charge in [0.25, 0.3) is 5.56 Å². The maximum Gasteiger partial charge on any atom is 0.268 e. The molecular formula is C16H23N5O3. The van der Waals surface area contributed by atoms with E-state index < -0.39 is 0 Å². The molecule has 2 fully saturated rings. The first-order valence-corrected chi connectivity index (χ1v) is 8.35. The van der Waals surface area contributed by atoms with Crippen molar-refractivity contribution in [2.45, 2.75) is 19.3 Å². The zero-order valence-electron chi connectivity index (χ0n) is 13.9. The van der Waals surface area contributed by atoms with Gasteiger partial charge in [0, 0.05) is 45.7 Å². The Bertz CT molecular complexity index is 687. The van der Waals surface area contributed by atoms with Crippen LogP contribution < -0.4 is 15.8 Å². The van der Waals surface area contributed by atoms with Crippen LogP contribution in [0.25, 0.3) is 0 Å². The second-order valence-electron chi connectivity index (χ2n) is 6.50. The Labute approximate surface area is 140 Å². The van der Waals surface area contributed by atoms with E-state index in [9.17, 15) is 14.4 Å². The van der Waals surface area contributed by atoms with Gasteiger partial charge < -0.3 is 15.1 Å². The normalized spacial score (nSPS) is 20.7. The highest BCUT2D eigenvalue weighted by atomic mass is 16.2. The zero-order chi connectivity index (χ0) is 17.1. The Hall–Kier alpha value is -2.38. The summed E-state index contributed by atoms with van der Waals surface area (Å²) < 4.78 is 1.30. The second-order valence-corrected chi connectivity index (χ2v) is 6.50. The van der Waals surface area contributed by atoms with Gasteiger partial charge in [-0.1, -0.05) is 0 Å². The molecule has 0 radical (unpaired) electrons. The number of carbonyl (C=O) groups is 2. The van der Waals surface area contributed by atoms with Gasteiger partial charge >= 0.3 is 0 Å². The minimum absolute atomic E-state index is 0.0651. The first-order valence-electron chi connectivity index (χ1n) is 8.35. The number of carbonyl (C=O) groups excluding carboxylic acids is 2. The lowest BCUT2D eigenvalue weighted by molar-refractivity contribution is -0.133. The number of likely N-dealkylation sites (tertiary alicyclic amines) is 1. The van der Waals surface area contributed by atoms with Crippen molar-refractivity contribution in [1.29, 1.82) is 0 Å². The molecule has 3 heterocycles. The van der Waals surface area contributed by atoms with Crippen LogP contribution in [0.2, 0.25) is 0 Å². The van der Waals surface area contributed by atoms with E-state index >= 15 is 0 Å². The lowest BCUT2D eigenvalue weighted by atomic mass is 10.1. The summed E-state index contributed by atoms with van der Waals surface area (Å²) in [6.45, 7) is 3.07. The predicted molar refractivity (Wildman–Crippen MR) is 88.6 cm³/mol. The van der Waals surface area contributed by atoms with Crippen LogP contribution in [0.15, 0.2) is 17.1 Å². The van der Waals surface area contributed by atoms with E-state index in [1.165, 1.54) is 4.68 Å². The third-order valence-electron chi connectivity index (χ3n) is 4.70. The molecule has 3 rings (SSSR count).